The van der Waals surface area contributed by atoms with Crippen molar-refractivity contribution < 1.29 is 4.74 Å². The first-order valence-corrected chi connectivity index (χ1v) is 8.83. The Morgan fingerprint density at radius 3 is 2.95 bits per heavy atom. The topological polar surface area (TPSA) is 27.1 Å². The van der Waals surface area contributed by atoms with Crippen LogP contribution in [0.15, 0.2) is 34.1 Å². The molecule has 6 heteroatoms. The van der Waals surface area contributed by atoms with E-state index in [4.69, 9.17) is 16.3 Å². The molecule has 0 aliphatic rings. The lowest BCUT2D eigenvalue weighted by Gasteiger charge is -2.07. The van der Waals surface area contributed by atoms with Gasteiger partial charge in [-0.05, 0) is 41.1 Å². The van der Waals surface area contributed by atoms with Crippen molar-refractivity contribution >= 4 is 49.9 Å². The number of hydrogen-bond donors (Lipinski definition) is 0. The van der Waals surface area contributed by atoms with Gasteiger partial charge < -0.3 is 9.30 Å². The Labute approximate surface area is 140 Å². The average molecular weight is 386 g/mol. The number of nitrogens with zero attached hydrogens (tertiary/aromatic N) is 2. The summed E-state index contributed by atoms with van der Waals surface area (Å²) >= 11 is 11.3. The molecular formula is C15H14BrClN2OS. The predicted molar refractivity (Wildman–Crippen MR) is 91.6 cm³/mol. The molecule has 2 heterocycles. The van der Waals surface area contributed by atoms with Gasteiger partial charge in [-0.2, -0.15) is 0 Å². The third-order valence-electron chi connectivity index (χ3n) is 3.18. The predicted octanol–water partition coefficient (Wildman–Crippen LogP) is 5.05. The van der Waals surface area contributed by atoms with Crippen LogP contribution in [0.4, 0.5) is 0 Å². The zero-order chi connectivity index (χ0) is 14.8. The van der Waals surface area contributed by atoms with Gasteiger partial charge in [-0.15, -0.1) is 22.9 Å². The number of benzene rings is 1. The Bertz CT molecular complexity index is 768. The van der Waals surface area contributed by atoms with Crippen LogP contribution in [0.2, 0.25) is 0 Å². The van der Waals surface area contributed by atoms with E-state index < -0.39 is 0 Å². The summed E-state index contributed by atoms with van der Waals surface area (Å²) in [6.07, 6.45) is 0. The molecule has 110 valence electrons. The van der Waals surface area contributed by atoms with Crippen molar-refractivity contribution in [2.75, 3.05) is 6.61 Å². The first-order chi connectivity index (χ1) is 10.2. The summed E-state index contributed by atoms with van der Waals surface area (Å²) < 4.78 is 8.92. The van der Waals surface area contributed by atoms with Crippen LogP contribution in [-0.2, 0) is 12.4 Å². The first-order valence-electron chi connectivity index (χ1n) is 6.62. The molecule has 3 nitrogen and oxygen atoms in total. The van der Waals surface area contributed by atoms with Crippen molar-refractivity contribution in [3.63, 3.8) is 0 Å². The Balaban J connectivity index is 2.09. The minimum atomic E-state index is 0.382. The highest BCUT2D eigenvalue weighted by Crippen LogP contribution is 2.29. The molecule has 3 rings (SSSR count). The van der Waals surface area contributed by atoms with E-state index >= 15 is 0 Å². The number of hydrogen-bond acceptors (Lipinski definition) is 3. The molecular weight excluding hydrogens is 372 g/mol. The molecule has 0 saturated carbocycles. The molecule has 0 aliphatic carbocycles. The summed E-state index contributed by atoms with van der Waals surface area (Å²) in [5.74, 6) is 2.06. The van der Waals surface area contributed by atoms with Crippen LogP contribution in [-0.4, -0.2) is 16.2 Å². The SMILES string of the molecule is CCOc1cccc2c1nc(CCl)n2Cc1cc(Br)cs1. The van der Waals surface area contributed by atoms with E-state index in [0.29, 0.717) is 12.5 Å². The zero-order valence-electron chi connectivity index (χ0n) is 11.5. The maximum absolute atomic E-state index is 6.07. The molecule has 0 fully saturated rings. The van der Waals surface area contributed by atoms with Gasteiger partial charge in [0.05, 0.1) is 24.5 Å². The third kappa shape index (κ3) is 2.96. The molecule has 0 amide bonds. The third-order valence-corrected chi connectivity index (χ3v) is 5.10. The molecule has 0 bridgehead atoms. The second-order valence-corrected chi connectivity index (χ2v) is 6.71. The van der Waals surface area contributed by atoms with Crippen LogP contribution in [0.5, 0.6) is 5.75 Å². The number of aromatic nitrogens is 2. The van der Waals surface area contributed by atoms with Crippen molar-refractivity contribution in [1.82, 2.24) is 9.55 Å². The number of alkyl halides is 1. The summed E-state index contributed by atoms with van der Waals surface area (Å²) in [7, 11) is 0. The van der Waals surface area contributed by atoms with Gasteiger partial charge in [0, 0.05) is 14.7 Å². The maximum atomic E-state index is 6.07. The van der Waals surface area contributed by atoms with E-state index in [1.54, 1.807) is 11.3 Å². The molecule has 0 atom stereocenters. The van der Waals surface area contributed by atoms with Crippen molar-refractivity contribution in [3.8, 4) is 5.75 Å². The van der Waals surface area contributed by atoms with Crippen LogP contribution >= 0.6 is 38.9 Å². The molecule has 0 unspecified atom stereocenters. The van der Waals surface area contributed by atoms with Crippen LogP contribution in [0.1, 0.15) is 17.6 Å². The summed E-state index contributed by atoms with van der Waals surface area (Å²) in [4.78, 5) is 5.91. The second-order valence-electron chi connectivity index (χ2n) is 4.54. The van der Waals surface area contributed by atoms with Gasteiger partial charge in [-0.1, -0.05) is 6.07 Å². The lowest BCUT2D eigenvalue weighted by atomic mass is 10.3. The lowest BCUT2D eigenvalue weighted by Crippen LogP contribution is -2.02. The maximum Gasteiger partial charge on any atom is 0.147 e. The smallest absolute Gasteiger partial charge is 0.147 e. The van der Waals surface area contributed by atoms with Gasteiger partial charge in [0.2, 0.25) is 0 Å². The molecule has 21 heavy (non-hydrogen) atoms. The molecule has 0 saturated heterocycles. The van der Waals surface area contributed by atoms with Crippen molar-refractivity contribution in [1.29, 1.82) is 0 Å². The van der Waals surface area contributed by atoms with Gasteiger partial charge in [0.25, 0.3) is 0 Å². The second kappa shape index (κ2) is 6.38. The van der Waals surface area contributed by atoms with Crippen LogP contribution in [0, 0.1) is 0 Å². The van der Waals surface area contributed by atoms with E-state index in [-0.39, 0.29) is 0 Å². The van der Waals surface area contributed by atoms with E-state index in [0.717, 1.165) is 33.6 Å². The molecule has 3 aromatic rings. The largest absolute Gasteiger partial charge is 0.492 e. The number of thiophene rings is 1. The Hall–Kier alpha value is -1.04. The molecule has 0 aliphatic heterocycles. The average Bonchev–Trinajstić information content (AvgIpc) is 3.05. The van der Waals surface area contributed by atoms with Gasteiger partial charge >= 0.3 is 0 Å². The number of para-hydroxylation sites is 1. The summed E-state index contributed by atoms with van der Waals surface area (Å²) in [6.45, 7) is 3.37. The van der Waals surface area contributed by atoms with Gasteiger partial charge in [-0.25, -0.2) is 4.98 Å². The summed E-state index contributed by atoms with van der Waals surface area (Å²) in [5, 5.41) is 2.08. The van der Waals surface area contributed by atoms with E-state index in [1.165, 1.54) is 4.88 Å². The highest BCUT2D eigenvalue weighted by Gasteiger charge is 2.14. The van der Waals surface area contributed by atoms with E-state index in [1.807, 2.05) is 19.1 Å². The number of halogens is 2. The van der Waals surface area contributed by atoms with Crippen LogP contribution < -0.4 is 4.74 Å². The number of rotatable bonds is 5. The Kier molecular flexibility index (Phi) is 4.52. The Morgan fingerprint density at radius 2 is 2.29 bits per heavy atom. The van der Waals surface area contributed by atoms with Gasteiger partial charge in [-0.3, -0.25) is 0 Å². The number of fused-ring (bicyclic) bond motifs is 1. The molecule has 0 spiro atoms. The van der Waals surface area contributed by atoms with Gasteiger partial charge in [0.1, 0.15) is 17.1 Å². The normalized spacial score (nSPS) is 11.2. The molecule has 0 radical (unpaired) electrons. The Morgan fingerprint density at radius 1 is 1.43 bits per heavy atom. The van der Waals surface area contributed by atoms with Crippen LogP contribution in [0.25, 0.3) is 11.0 Å². The fraction of sp³-hybridized carbons (Fsp3) is 0.267. The minimum Gasteiger partial charge on any atom is -0.492 e. The monoisotopic (exact) mass is 384 g/mol. The fourth-order valence-electron chi connectivity index (χ4n) is 2.31. The quantitative estimate of drug-likeness (QED) is 0.575. The summed E-state index contributed by atoms with van der Waals surface area (Å²) in [5.41, 5.74) is 1.94. The van der Waals surface area contributed by atoms with E-state index in [9.17, 15) is 0 Å². The standard InChI is InChI=1S/C15H14BrClN2OS/c1-2-20-13-5-3-4-12-15(13)18-14(7-17)19(12)8-11-6-10(16)9-21-11/h3-6,9H,2,7-8H2,1H3. The van der Waals surface area contributed by atoms with Crippen molar-refractivity contribution in [2.45, 2.75) is 19.3 Å². The fourth-order valence-corrected chi connectivity index (χ4v) is 3.96. The number of imidazole rings is 1. The first kappa shape index (κ1) is 14.9. The zero-order valence-corrected chi connectivity index (χ0v) is 14.6. The van der Waals surface area contributed by atoms with Crippen molar-refractivity contribution in [3.05, 3.63) is 44.8 Å². The van der Waals surface area contributed by atoms with E-state index in [2.05, 4.69) is 43.0 Å². The lowest BCUT2D eigenvalue weighted by molar-refractivity contribution is 0.343. The van der Waals surface area contributed by atoms with Crippen LogP contribution in [0.3, 0.4) is 0 Å². The molecule has 1 aromatic carbocycles. The highest BCUT2D eigenvalue weighted by atomic mass is 79.9. The highest BCUT2D eigenvalue weighted by molar-refractivity contribution is 9.10. The minimum absolute atomic E-state index is 0.382. The summed E-state index contributed by atoms with van der Waals surface area (Å²) in [6, 6.07) is 8.13. The molecule has 0 N–H and O–H groups in total. The van der Waals surface area contributed by atoms with Crippen molar-refractivity contribution in [2.24, 2.45) is 0 Å². The number of ether oxygens (including phenoxy) is 1. The molecule has 2 aromatic heterocycles. The van der Waals surface area contributed by atoms with Gasteiger partial charge in [0.15, 0.2) is 0 Å².